The number of methoxy groups -OCH3 is 2. The van der Waals surface area contributed by atoms with Gasteiger partial charge in [-0.05, 0) is 44.4 Å². The average Bonchev–Trinajstić information content (AvgIpc) is 2.49. The van der Waals surface area contributed by atoms with Gasteiger partial charge in [-0.25, -0.2) is 0 Å². The van der Waals surface area contributed by atoms with Crippen LogP contribution in [0.5, 0.6) is 5.75 Å². The first kappa shape index (κ1) is 18.0. The second-order valence-corrected chi connectivity index (χ2v) is 5.64. The molecule has 0 saturated carbocycles. The van der Waals surface area contributed by atoms with Gasteiger partial charge in [0.15, 0.2) is 0 Å². The van der Waals surface area contributed by atoms with Crippen LogP contribution < -0.4 is 10.1 Å². The van der Waals surface area contributed by atoms with E-state index in [0.717, 1.165) is 38.0 Å². The van der Waals surface area contributed by atoms with E-state index in [2.05, 4.69) is 44.3 Å². The maximum absolute atomic E-state index is 5.72. The summed E-state index contributed by atoms with van der Waals surface area (Å²) in [5.41, 5.74) is 2.52. The molecule has 1 rings (SSSR count). The highest BCUT2D eigenvalue weighted by atomic mass is 16.5. The van der Waals surface area contributed by atoms with Gasteiger partial charge in [0, 0.05) is 13.2 Å². The van der Waals surface area contributed by atoms with E-state index in [1.165, 1.54) is 11.1 Å². The molecule has 0 amide bonds. The van der Waals surface area contributed by atoms with Crippen molar-refractivity contribution in [2.45, 2.75) is 58.6 Å². The van der Waals surface area contributed by atoms with Crippen molar-refractivity contribution in [3.8, 4) is 5.75 Å². The average molecular weight is 293 g/mol. The predicted molar refractivity (Wildman–Crippen MR) is 89.2 cm³/mol. The maximum Gasteiger partial charge on any atom is 0.122 e. The van der Waals surface area contributed by atoms with Crippen LogP contribution in [0.2, 0.25) is 0 Å². The molecule has 21 heavy (non-hydrogen) atoms. The van der Waals surface area contributed by atoms with Gasteiger partial charge < -0.3 is 14.8 Å². The number of ether oxygens (including phenoxy) is 2. The zero-order valence-electron chi connectivity index (χ0n) is 14.2. The standard InChI is InChI=1S/C18H31NO2/c1-6-8-18(21-5)16(19-11-7-2)13-15-12-14(3)9-10-17(15)20-4/h9-10,12,16,18-19H,6-8,11,13H2,1-5H3. The SMILES string of the molecule is CCCNC(Cc1cc(C)ccc1OC)C(CCC)OC. The first-order valence-electron chi connectivity index (χ1n) is 8.05. The molecular weight excluding hydrogens is 262 g/mol. The zero-order valence-corrected chi connectivity index (χ0v) is 14.2. The van der Waals surface area contributed by atoms with Crippen LogP contribution in [-0.2, 0) is 11.2 Å². The highest BCUT2D eigenvalue weighted by molar-refractivity contribution is 5.37. The lowest BCUT2D eigenvalue weighted by Crippen LogP contribution is -2.43. The molecule has 0 radical (unpaired) electrons. The van der Waals surface area contributed by atoms with E-state index >= 15 is 0 Å². The highest BCUT2D eigenvalue weighted by Gasteiger charge is 2.21. The van der Waals surface area contributed by atoms with Crippen LogP contribution in [0.25, 0.3) is 0 Å². The molecule has 0 aliphatic heterocycles. The Morgan fingerprint density at radius 2 is 1.90 bits per heavy atom. The molecule has 2 atom stereocenters. The fourth-order valence-electron chi connectivity index (χ4n) is 2.74. The number of hydrogen-bond acceptors (Lipinski definition) is 3. The second-order valence-electron chi connectivity index (χ2n) is 5.64. The molecule has 3 heteroatoms. The minimum absolute atomic E-state index is 0.242. The summed E-state index contributed by atoms with van der Waals surface area (Å²) in [6.07, 6.45) is 4.51. The molecule has 1 aromatic rings. The van der Waals surface area contributed by atoms with Gasteiger partial charge in [0.05, 0.1) is 13.2 Å². The maximum atomic E-state index is 5.72. The Balaban J connectivity index is 2.91. The Morgan fingerprint density at radius 1 is 1.14 bits per heavy atom. The number of benzene rings is 1. The fourth-order valence-corrected chi connectivity index (χ4v) is 2.74. The summed E-state index contributed by atoms with van der Waals surface area (Å²) in [6.45, 7) is 7.54. The molecule has 120 valence electrons. The summed E-state index contributed by atoms with van der Waals surface area (Å²) in [5.74, 6) is 0.968. The predicted octanol–water partition coefficient (Wildman–Crippen LogP) is 3.73. The lowest BCUT2D eigenvalue weighted by Gasteiger charge is -2.27. The van der Waals surface area contributed by atoms with E-state index in [-0.39, 0.29) is 6.10 Å². The summed E-state index contributed by atoms with van der Waals surface area (Å²) in [5, 5.41) is 3.64. The molecule has 0 aromatic heterocycles. The molecule has 0 bridgehead atoms. The third-order valence-electron chi connectivity index (χ3n) is 3.86. The molecule has 1 aromatic carbocycles. The third kappa shape index (κ3) is 5.68. The Labute approximate surface area is 130 Å². The van der Waals surface area contributed by atoms with Gasteiger partial charge in [0.25, 0.3) is 0 Å². The van der Waals surface area contributed by atoms with E-state index in [1.54, 1.807) is 7.11 Å². The minimum Gasteiger partial charge on any atom is -0.496 e. The first-order chi connectivity index (χ1) is 10.2. The fraction of sp³-hybridized carbons (Fsp3) is 0.667. The highest BCUT2D eigenvalue weighted by Crippen LogP contribution is 2.23. The van der Waals surface area contributed by atoms with Crippen LogP contribution in [0.15, 0.2) is 18.2 Å². The number of aryl methyl sites for hydroxylation is 1. The van der Waals surface area contributed by atoms with Crippen LogP contribution in [-0.4, -0.2) is 32.9 Å². The molecule has 0 spiro atoms. The zero-order chi connectivity index (χ0) is 15.7. The molecule has 2 unspecified atom stereocenters. The first-order valence-corrected chi connectivity index (χ1v) is 8.05. The van der Waals surface area contributed by atoms with Crippen LogP contribution in [0.4, 0.5) is 0 Å². The van der Waals surface area contributed by atoms with Crippen LogP contribution in [0.1, 0.15) is 44.2 Å². The molecule has 0 aliphatic rings. The Hall–Kier alpha value is -1.06. The summed E-state index contributed by atoms with van der Waals surface area (Å²) in [7, 11) is 3.55. The van der Waals surface area contributed by atoms with E-state index in [1.807, 2.05) is 7.11 Å². The summed E-state index contributed by atoms with van der Waals surface area (Å²) in [6, 6.07) is 6.70. The number of rotatable bonds is 10. The van der Waals surface area contributed by atoms with Gasteiger partial charge in [-0.1, -0.05) is 38.0 Å². The van der Waals surface area contributed by atoms with E-state index in [9.17, 15) is 0 Å². The van der Waals surface area contributed by atoms with Gasteiger partial charge in [-0.2, -0.15) is 0 Å². The molecule has 0 heterocycles. The molecule has 1 N–H and O–H groups in total. The van der Waals surface area contributed by atoms with E-state index < -0.39 is 0 Å². The minimum atomic E-state index is 0.242. The molecule has 0 saturated heterocycles. The topological polar surface area (TPSA) is 30.5 Å². The normalized spacial score (nSPS) is 14.0. The Kier molecular flexibility index (Phi) is 8.40. The quantitative estimate of drug-likeness (QED) is 0.713. The molecular formula is C18H31NO2. The molecule has 0 fully saturated rings. The Morgan fingerprint density at radius 3 is 2.48 bits per heavy atom. The van der Waals surface area contributed by atoms with Crippen LogP contribution in [0, 0.1) is 6.92 Å². The molecule has 3 nitrogen and oxygen atoms in total. The van der Waals surface area contributed by atoms with Crippen molar-refractivity contribution in [2.75, 3.05) is 20.8 Å². The molecule has 0 aliphatic carbocycles. The van der Waals surface area contributed by atoms with Crippen molar-refractivity contribution in [2.24, 2.45) is 0 Å². The van der Waals surface area contributed by atoms with Gasteiger partial charge in [-0.15, -0.1) is 0 Å². The van der Waals surface area contributed by atoms with E-state index in [0.29, 0.717) is 6.04 Å². The summed E-state index contributed by atoms with van der Waals surface area (Å²) < 4.78 is 11.2. The lowest BCUT2D eigenvalue weighted by molar-refractivity contribution is 0.0607. The van der Waals surface area contributed by atoms with Crippen LogP contribution >= 0.6 is 0 Å². The van der Waals surface area contributed by atoms with Crippen molar-refractivity contribution >= 4 is 0 Å². The van der Waals surface area contributed by atoms with Gasteiger partial charge >= 0.3 is 0 Å². The van der Waals surface area contributed by atoms with Crippen molar-refractivity contribution in [3.63, 3.8) is 0 Å². The summed E-state index contributed by atoms with van der Waals surface area (Å²) >= 11 is 0. The number of hydrogen-bond donors (Lipinski definition) is 1. The van der Waals surface area contributed by atoms with Crippen molar-refractivity contribution in [3.05, 3.63) is 29.3 Å². The number of nitrogens with one attached hydrogen (secondary N) is 1. The summed E-state index contributed by atoms with van der Waals surface area (Å²) in [4.78, 5) is 0. The van der Waals surface area contributed by atoms with Crippen LogP contribution in [0.3, 0.4) is 0 Å². The van der Waals surface area contributed by atoms with Gasteiger partial charge in [0.1, 0.15) is 5.75 Å². The van der Waals surface area contributed by atoms with Crippen molar-refractivity contribution < 1.29 is 9.47 Å². The third-order valence-corrected chi connectivity index (χ3v) is 3.86. The largest absolute Gasteiger partial charge is 0.496 e. The van der Waals surface area contributed by atoms with E-state index in [4.69, 9.17) is 9.47 Å². The smallest absolute Gasteiger partial charge is 0.122 e. The van der Waals surface area contributed by atoms with Gasteiger partial charge in [0.2, 0.25) is 0 Å². The Bertz CT molecular complexity index is 406. The lowest BCUT2D eigenvalue weighted by atomic mass is 9.96. The second kappa shape index (κ2) is 9.80. The van der Waals surface area contributed by atoms with Crippen molar-refractivity contribution in [1.29, 1.82) is 0 Å². The monoisotopic (exact) mass is 293 g/mol. The van der Waals surface area contributed by atoms with Gasteiger partial charge in [-0.3, -0.25) is 0 Å². The van der Waals surface area contributed by atoms with Crippen molar-refractivity contribution in [1.82, 2.24) is 5.32 Å².